The van der Waals surface area contributed by atoms with Gasteiger partial charge in [0.05, 0.1) is 0 Å². The minimum absolute atomic E-state index is 0. The molecule has 0 atom stereocenters. The zero-order chi connectivity index (χ0) is 40.4. The van der Waals surface area contributed by atoms with Crippen LogP contribution in [0.25, 0.3) is 16.9 Å². The van der Waals surface area contributed by atoms with Crippen molar-refractivity contribution in [1.82, 2.24) is 0 Å². The van der Waals surface area contributed by atoms with Gasteiger partial charge in [-0.1, -0.05) is 141 Å². The molecule has 0 unspecified atom stereocenters. The Hall–Kier alpha value is -3.78. The van der Waals surface area contributed by atoms with Crippen LogP contribution in [0.5, 0.6) is 11.5 Å². The number of para-hydroxylation sites is 2. The summed E-state index contributed by atoms with van der Waals surface area (Å²) in [5.74, 6) is 0.644. The summed E-state index contributed by atoms with van der Waals surface area (Å²) in [6, 6.07) is 31.7. The van der Waals surface area contributed by atoms with Crippen molar-refractivity contribution in [3.05, 3.63) is 148 Å². The van der Waals surface area contributed by atoms with Crippen molar-refractivity contribution in [3.8, 4) is 11.5 Å². The van der Waals surface area contributed by atoms with Crippen molar-refractivity contribution in [2.24, 2.45) is 0 Å². The maximum atomic E-state index is 12.0. The van der Waals surface area contributed by atoms with Crippen molar-refractivity contribution >= 4 is 11.4 Å². The first kappa shape index (κ1) is 49.4. The summed E-state index contributed by atoms with van der Waals surface area (Å²) in [5.41, 5.74) is 23.2. The van der Waals surface area contributed by atoms with E-state index in [0.717, 1.165) is 43.5 Å². The molecule has 2 N–H and O–H groups in total. The number of phenolic OH excluding ortho intramolecular Hbond substituents is 2. The molecule has 5 heteroatoms. The van der Waals surface area contributed by atoms with Crippen LogP contribution in [0.4, 0.5) is 0 Å². The van der Waals surface area contributed by atoms with E-state index in [1.54, 1.807) is 53.2 Å². The Balaban J connectivity index is 0.000000621. The molecule has 0 fully saturated rings. The minimum atomic E-state index is 0. The van der Waals surface area contributed by atoms with Gasteiger partial charge in [-0.3, -0.25) is 0 Å². The largest absolute Gasteiger partial charge is 0.508 e. The van der Waals surface area contributed by atoms with Gasteiger partial charge in [0.1, 0.15) is 11.5 Å². The minimum Gasteiger partial charge on any atom is -0.508 e. The van der Waals surface area contributed by atoms with Crippen molar-refractivity contribution in [3.63, 3.8) is 0 Å². The van der Waals surface area contributed by atoms with E-state index in [0.29, 0.717) is 11.5 Å². The topological polar surface area (TPSA) is 65.8 Å². The van der Waals surface area contributed by atoms with Crippen LogP contribution in [0, 0.1) is 0 Å². The van der Waals surface area contributed by atoms with Gasteiger partial charge in [-0.2, -0.15) is 0 Å². The average molecular weight is 864 g/mol. The van der Waals surface area contributed by atoms with Gasteiger partial charge in [-0.25, -0.2) is 4.70 Å². The number of hydrogen-bond donors (Lipinski definition) is 2. The molecule has 0 saturated carbocycles. The van der Waals surface area contributed by atoms with Crippen molar-refractivity contribution in [1.29, 1.82) is 0 Å². The number of phenols is 2. The molecule has 0 radical (unpaired) electrons. The van der Waals surface area contributed by atoms with Gasteiger partial charge in [-0.15, -0.1) is 0 Å². The molecular formula is C52H72N2O2Pd. The van der Waals surface area contributed by atoms with E-state index >= 15 is 0 Å². The van der Waals surface area contributed by atoms with E-state index in [1.165, 1.54) is 129 Å². The third kappa shape index (κ3) is 18.6. The van der Waals surface area contributed by atoms with Gasteiger partial charge in [-0.05, 0) is 135 Å². The first-order chi connectivity index (χ1) is 27.3. The van der Waals surface area contributed by atoms with Crippen LogP contribution < -0.4 is 0 Å². The molecule has 0 spiro atoms. The summed E-state index contributed by atoms with van der Waals surface area (Å²) in [6.07, 6.45) is 25.1. The molecule has 0 amide bonds. The number of nitrogens with zero attached hydrogens (tertiary/aromatic N) is 2. The standard InChI is InChI=1S/C40H60N2.2C6H6O.Pd/c1-6-11-16-17-18-19-24-36-31-39(37-27-32(20-12-7-2)25-33(28-37)21-13-8-3)42(41)40(36)38-29-34(22-14-9-4)26-35(30-38)23-15-10-5;2*7-6-4-2-1-3-5-6;/h25-31H,6-24H2,1-5H3;2*1-5,7H;. The molecule has 312 valence electrons. The number of benzene rings is 4. The molecule has 1 heterocycles. The molecule has 4 aromatic carbocycles. The van der Waals surface area contributed by atoms with Gasteiger partial charge >= 0.3 is 0 Å². The maximum absolute atomic E-state index is 12.0. The van der Waals surface area contributed by atoms with Gasteiger partial charge in [0.25, 0.3) is 0 Å². The Bertz CT molecular complexity index is 1670. The maximum Gasteiger partial charge on any atom is 0.210 e. The second kappa shape index (κ2) is 29.4. The van der Waals surface area contributed by atoms with E-state index in [2.05, 4.69) is 77.1 Å². The Kier molecular flexibility index (Phi) is 25.5. The summed E-state index contributed by atoms with van der Waals surface area (Å²) < 4.78 is 1.55. The van der Waals surface area contributed by atoms with Gasteiger partial charge < -0.3 is 15.7 Å². The fourth-order valence-corrected chi connectivity index (χ4v) is 7.12. The monoisotopic (exact) mass is 862 g/mol. The number of aryl methyl sites for hydroxylation is 4. The predicted octanol–water partition coefficient (Wildman–Crippen LogP) is 15.4. The molecule has 0 saturated heterocycles. The quantitative estimate of drug-likeness (QED) is 0.0498. The number of unbranched alkanes of at least 4 members (excludes halogenated alkanes) is 9. The van der Waals surface area contributed by atoms with Gasteiger partial charge in [0.15, 0.2) is 0 Å². The van der Waals surface area contributed by atoms with Crippen LogP contribution in [0.2, 0.25) is 0 Å². The van der Waals surface area contributed by atoms with Crippen LogP contribution in [0.3, 0.4) is 0 Å². The second-order valence-corrected chi connectivity index (χ2v) is 15.4. The zero-order valence-corrected chi connectivity index (χ0v) is 37.4. The fourth-order valence-electron chi connectivity index (χ4n) is 7.12. The van der Waals surface area contributed by atoms with Crippen LogP contribution in [-0.4, -0.2) is 14.9 Å². The molecular weight excluding hydrogens is 791 g/mol. The average Bonchev–Trinajstić information content (AvgIpc) is 3.55. The molecule has 57 heavy (non-hydrogen) atoms. The molecule has 0 aliphatic carbocycles. The Morgan fingerprint density at radius 3 is 1.18 bits per heavy atom. The van der Waals surface area contributed by atoms with Crippen LogP contribution in [-0.2, 0) is 46.1 Å². The number of hydrogen-bond acceptors (Lipinski definition) is 2. The van der Waals surface area contributed by atoms with Gasteiger partial charge in [0.2, 0.25) is 11.4 Å². The Labute approximate surface area is 360 Å². The summed E-state index contributed by atoms with van der Waals surface area (Å²) in [4.78, 5) is 0. The van der Waals surface area contributed by atoms with Crippen LogP contribution >= 0.6 is 0 Å². The fraction of sp³-hybridized carbons (Fsp3) is 0.462. The molecule has 0 bridgehead atoms. The van der Waals surface area contributed by atoms with Crippen molar-refractivity contribution in [2.45, 2.75) is 157 Å². The number of rotatable bonds is 21. The summed E-state index contributed by atoms with van der Waals surface area (Å²) in [7, 11) is 0. The normalized spacial score (nSPS) is 11.9. The van der Waals surface area contributed by atoms with E-state index < -0.39 is 0 Å². The Morgan fingerprint density at radius 1 is 0.439 bits per heavy atom. The molecule has 1 aliphatic rings. The summed E-state index contributed by atoms with van der Waals surface area (Å²) in [5, 5.41) is 17.3. The third-order valence-corrected chi connectivity index (χ3v) is 10.3. The predicted molar refractivity (Wildman–Crippen MR) is 240 cm³/mol. The van der Waals surface area contributed by atoms with Crippen molar-refractivity contribution in [2.75, 3.05) is 0 Å². The Morgan fingerprint density at radius 2 is 0.807 bits per heavy atom. The van der Waals surface area contributed by atoms with E-state index in [4.69, 9.17) is 10.2 Å². The molecule has 5 rings (SSSR count). The van der Waals surface area contributed by atoms with Crippen LogP contribution in [0.15, 0.2) is 109 Å². The smallest absolute Gasteiger partial charge is 0.210 e. The summed E-state index contributed by atoms with van der Waals surface area (Å²) in [6.45, 7) is 11.4. The van der Waals surface area contributed by atoms with E-state index in [9.17, 15) is 5.53 Å². The van der Waals surface area contributed by atoms with Crippen molar-refractivity contribution < 1.29 is 35.3 Å². The van der Waals surface area contributed by atoms with E-state index in [-0.39, 0.29) is 20.4 Å². The first-order valence-electron chi connectivity index (χ1n) is 22.0. The molecule has 4 aromatic rings. The number of aromatic hydroxyl groups is 2. The zero-order valence-electron chi connectivity index (χ0n) is 35.9. The number of allylic oxidation sites excluding steroid dienone is 2. The van der Waals surface area contributed by atoms with E-state index in [1.807, 2.05) is 12.1 Å². The molecule has 0 aromatic heterocycles. The molecule has 1 aliphatic heterocycles. The SMILES string of the molecule is CCCCCCCCC1=C(c2cc(CCCC)cc(CCCC)c2)[N+](=[N-])C(c2cc(CCCC)cc(CCCC)c2)=C1.Oc1ccccc1.Oc1ccccc1.[Pd]. The van der Waals surface area contributed by atoms with Crippen LogP contribution in [0.1, 0.15) is 164 Å². The third-order valence-electron chi connectivity index (χ3n) is 10.3. The molecule has 4 nitrogen and oxygen atoms in total. The first-order valence-corrected chi connectivity index (χ1v) is 22.0. The van der Waals surface area contributed by atoms with Gasteiger partial charge in [0, 0.05) is 43.2 Å². The summed E-state index contributed by atoms with van der Waals surface area (Å²) >= 11 is 0. The second-order valence-electron chi connectivity index (χ2n) is 15.4.